The highest BCUT2D eigenvalue weighted by atomic mass is 19.4. The number of benzene rings is 1. The SMILES string of the molecule is CNC(c1ccccc1)C(C)c1nc(C(F)(F)F)no1. The summed E-state index contributed by atoms with van der Waals surface area (Å²) in [5.41, 5.74) is 0.939. The second-order valence-corrected chi connectivity index (χ2v) is 4.42. The van der Waals surface area contributed by atoms with Crippen molar-refractivity contribution in [3.8, 4) is 0 Å². The molecular formula is C13H14F3N3O. The molecule has 0 bridgehead atoms. The van der Waals surface area contributed by atoms with Gasteiger partial charge < -0.3 is 9.84 Å². The first-order chi connectivity index (χ1) is 9.43. The van der Waals surface area contributed by atoms with Crippen LogP contribution in [0.3, 0.4) is 0 Å². The van der Waals surface area contributed by atoms with Gasteiger partial charge in [-0.1, -0.05) is 42.4 Å². The molecule has 0 fully saturated rings. The van der Waals surface area contributed by atoms with Crippen LogP contribution >= 0.6 is 0 Å². The molecule has 0 aliphatic rings. The third-order valence-electron chi connectivity index (χ3n) is 3.05. The third kappa shape index (κ3) is 2.98. The van der Waals surface area contributed by atoms with Crippen molar-refractivity contribution in [2.24, 2.45) is 0 Å². The van der Waals surface area contributed by atoms with Crippen molar-refractivity contribution in [1.82, 2.24) is 15.5 Å². The monoisotopic (exact) mass is 285 g/mol. The summed E-state index contributed by atoms with van der Waals surface area (Å²) in [5, 5.41) is 6.04. The van der Waals surface area contributed by atoms with Crippen LogP contribution in [-0.4, -0.2) is 17.2 Å². The zero-order chi connectivity index (χ0) is 14.8. The summed E-state index contributed by atoms with van der Waals surface area (Å²) in [6.45, 7) is 1.74. The van der Waals surface area contributed by atoms with Crippen LogP contribution in [0, 0.1) is 0 Å². The molecule has 1 aromatic carbocycles. The molecular weight excluding hydrogens is 271 g/mol. The van der Waals surface area contributed by atoms with Crippen molar-refractivity contribution in [3.63, 3.8) is 0 Å². The van der Waals surface area contributed by atoms with Gasteiger partial charge in [-0.15, -0.1) is 0 Å². The predicted octanol–water partition coefficient (Wildman–Crippen LogP) is 3.15. The van der Waals surface area contributed by atoms with Gasteiger partial charge in [-0.3, -0.25) is 0 Å². The number of aromatic nitrogens is 2. The third-order valence-corrected chi connectivity index (χ3v) is 3.05. The Kier molecular flexibility index (Phi) is 4.08. The van der Waals surface area contributed by atoms with Gasteiger partial charge >= 0.3 is 6.18 Å². The van der Waals surface area contributed by atoms with Crippen LogP contribution in [0.1, 0.15) is 36.2 Å². The fourth-order valence-corrected chi connectivity index (χ4v) is 2.04. The van der Waals surface area contributed by atoms with E-state index >= 15 is 0 Å². The van der Waals surface area contributed by atoms with Crippen LogP contribution in [0.25, 0.3) is 0 Å². The molecule has 2 aromatic rings. The van der Waals surface area contributed by atoms with Gasteiger partial charge in [0.1, 0.15) is 0 Å². The molecule has 0 amide bonds. The van der Waals surface area contributed by atoms with Crippen LogP contribution in [0.2, 0.25) is 0 Å². The Bertz CT molecular complexity index is 553. The highest BCUT2D eigenvalue weighted by Gasteiger charge is 2.38. The molecule has 0 saturated heterocycles. The number of hydrogen-bond acceptors (Lipinski definition) is 4. The molecule has 1 heterocycles. The van der Waals surface area contributed by atoms with Crippen LogP contribution < -0.4 is 5.32 Å². The van der Waals surface area contributed by atoms with Crippen molar-refractivity contribution >= 4 is 0 Å². The van der Waals surface area contributed by atoms with Crippen molar-refractivity contribution < 1.29 is 17.7 Å². The Morgan fingerprint density at radius 3 is 2.35 bits per heavy atom. The molecule has 108 valence electrons. The predicted molar refractivity (Wildman–Crippen MR) is 66.0 cm³/mol. The molecule has 2 unspecified atom stereocenters. The minimum Gasteiger partial charge on any atom is -0.339 e. The van der Waals surface area contributed by atoms with Crippen LogP contribution in [-0.2, 0) is 6.18 Å². The maximum atomic E-state index is 12.5. The lowest BCUT2D eigenvalue weighted by Crippen LogP contribution is -2.22. The molecule has 0 spiro atoms. The van der Waals surface area contributed by atoms with E-state index in [2.05, 4.69) is 15.5 Å². The summed E-state index contributed by atoms with van der Waals surface area (Å²) >= 11 is 0. The standard InChI is InChI=1S/C13H14F3N3O/c1-8(10(17-2)9-6-4-3-5-7-9)11-18-12(19-20-11)13(14,15)16/h3-8,10,17H,1-2H3. The molecule has 0 saturated carbocycles. The van der Waals surface area contributed by atoms with Gasteiger partial charge in [0.2, 0.25) is 5.89 Å². The fourth-order valence-electron chi connectivity index (χ4n) is 2.04. The normalized spacial score (nSPS) is 15.1. The highest BCUT2D eigenvalue weighted by molar-refractivity contribution is 5.21. The fraction of sp³-hybridized carbons (Fsp3) is 0.385. The van der Waals surface area contributed by atoms with Gasteiger partial charge in [0, 0.05) is 6.04 Å². The molecule has 4 nitrogen and oxygen atoms in total. The van der Waals surface area contributed by atoms with Crippen LogP contribution in [0.4, 0.5) is 13.2 Å². The Morgan fingerprint density at radius 2 is 1.85 bits per heavy atom. The topological polar surface area (TPSA) is 51.0 Å². The summed E-state index contributed by atoms with van der Waals surface area (Å²) in [4.78, 5) is 3.43. The Labute approximate surface area is 114 Å². The van der Waals surface area contributed by atoms with E-state index in [9.17, 15) is 13.2 Å². The van der Waals surface area contributed by atoms with E-state index in [4.69, 9.17) is 4.52 Å². The number of likely N-dealkylation sites (N-methyl/N-ethyl adjacent to an activating group) is 1. The van der Waals surface area contributed by atoms with Gasteiger partial charge in [0.15, 0.2) is 0 Å². The Hall–Kier alpha value is -1.89. The molecule has 7 heteroatoms. The maximum Gasteiger partial charge on any atom is 0.455 e. The van der Waals surface area contributed by atoms with E-state index < -0.39 is 12.0 Å². The average molecular weight is 285 g/mol. The highest BCUT2D eigenvalue weighted by Crippen LogP contribution is 2.32. The number of nitrogens with zero attached hydrogens (tertiary/aromatic N) is 2. The minimum atomic E-state index is -4.59. The summed E-state index contributed by atoms with van der Waals surface area (Å²) in [7, 11) is 1.73. The lowest BCUT2D eigenvalue weighted by atomic mass is 9.94. The van der Waals surface area contributed by atoms with Crippen molar-refractivity contribution in [2.45, 2.75) is 25.1 Å². The molecule has 1 aromatic heterocycles. The first-order valence-electron chi connectivity index (χ1n) is 6.06. The van der Waals surface area contributed by atoms with Crippen LogP contribution in [0.15, 0.2) is 34.9 Å². The van der Waals surface area contributed by atoms with E-state index in [0.29, 0.717) is 0 Å². The molecule has 2 atom stereocenters. The first kappa shape index (κ1) is 14.5. The van der Waals surface area contributed by atoms with E-state index in [1.807, 2.05) is 30.3 Å². The summed E-state index contributed by atoms with van der Waals surface area (Å²) in [5.74, 6) is -1.67. The van der Waals surface area contributed by atoms with E-state index in [1.54, 1.807) is 14.0 Å². The van der Waals surface area contributed by atoms with Gasteiger partial charge in [-0.25, -0.2) is 0 Å². The lowest BCUT2D eigenvalue weighted by Gasteiger charge is -2.21. The smallest absolute Gasteiger partial charge is 0.339 e. The quantitative estimate of drug-likeness (QED) is 0.937. The number of halogens is 3. The summed E-state index contributed by atoms with van der Waals surface area (Å²) < 4.78 is 42.1. The van der Waals surface area contributed by atoms with Crippen LogP contribution in [0.5, 0.6) is 0 Å². The van der Waals surface area contributed by atoms with Gasteiger partial charge in [0.05, 0.1) is 5.92 Å². The van der Waals surface area contributed by atoms with E-state index in [1.165, 1.54) is 0 Å². The van der Waals surface area contributed by atoms with Crippen molar-refractivity contribution in [1.29, 1.82) is 0 Å². The number of nitrogens with one attached hydrogen (secondary N) is 1. The molecule has 0 aliphatic heterocycles. The summed E-state index contributed by atoms with van der Waals surface area (Å²) in [6.07, 6.45) is -4.59. The van der Waals surface area contributed by atoms with Crippen molar-refractivity contribution in [2.75, 3.05) is 7.05 Å². The largest absolute Gasteiger partial charge is 0.455 e. The molecule has 0 aliphatic carbocycles. The van der Waals surface area contributed by atoms with Crippen molar-refractivity contribution in [3.05, 3.63) is 47.6 Å². The number of hydrogen-bond donors (Lipinski definition) is 1. The molecule has 1 N–H and O–H groups in total. The number of alkyl halides is 3. The second-order valence-electron chi connectivity index (χ2n) is 4.42. The Morgan fingerprint density at radius 1 is 1.20 bits per heavy atom. The average Bonchev–Trinajstić information content (AvgIpc) is 2.90. The zero-order valence-corrected chi connectivity index (χ0v) is 11.0. The summed E-state index contributed by atoms with van der Waals surface area (Å²) in [6, 6.07) is 9.16. The molecule has 2 rings (SSSR count). The molecule has 20 heavy (non-hydrogen) atoms. The zero-order valence-electron chi connectivity index (χ0n) is 11.0. The number of rotatable bonds is 4. The van der Waals surface area contributed by atoms with Gasteiger partial charge in [-0.2, -0.15) is 18.2 Å². The minimum absolute atomic E-state index is 0.0412. The van der Waals surface area contributed by atoms with Gasteiger partial charge in [0.25, 0.3) is 5.82 Å². The first-order valence-corrected chi connectivity index (χ1v) is 6.06. The maximum absolute atomic E-state index is 12.5. The Balaban J connectivity index is 2.25. The molecule has 0 radical (unpaired) electrons. The van der Waals surface area contributed by atoms with Gasteiger partial charge in [-0.05, 0) is 12.6 Å². The lowest BCUT2D eigenvalue weighted by molar-refractivity contribution is -0.146. The second kappa shape index (κ2) is 5.62. The van der Waals surface area contributed by atoms with E-state index in [0.717, 1.165) is 5.56 Å². The van der Waals surface area contributed by atoms with E-state index in [-0.39, 0.29) is 17.9 Å².